The van der Waals surface area contributed by atoms with Crippen molar-refractivity contribution in [1.82, 2.24) is 9.97 Å². The summed E-state index contributed by atoms with van der Waals surface area (Å²) in [5.74, 6) is -0.194. The molecule has 0 amide bonds. The van der Waals surface area contributed by atoms with Gasteiger partial charge in [0.1, 0.15) is 18.2 Å². The number of rotatable bonds is 6. The first kappa shape index (κ1) is 18.8. The molecule has 0 aliphatic heterocycles. The number of ether oxygens (including phenoxy) is 1. The second kappa shape index (κ2) is 8.60. The molecule has 0 saturated heterocycles. The van der Waals surface area contributed by atoms with Gasteiger partial charge < -0.3 is 10.1 Å². The third-order valence-corrected chi connectivity index (χ3v) is 4.00. The minimum Gasteiger partial charge on any atom is -0.465 e. The number of nitrogens with one attached hydrogen (secondary N) is 1. The molecule has 0 fully saturated rings. The fourth-order valence-corrected chi connectivity index (χ4v) is 2.55. The zero-order valence-corrected chi connectivity index (χ0v) is 15.3. The number of hydrogen-bond donors (Lipinski definition) is 1. The van der Waals surface area contributed by atoms with Gasteiger partial charge in [0.2, 0.25) is 0 Å². The van der Waals surface area contributed by atoms with Crippen molar-refractivity contribution in [1.29, 1.82) is 0 Å². The van der Waals surface area contributed by atoms with Crippen LogP contribution in [0.1, 0.15) is 6.92 Å². The van der Waals surface area contributed by atoms with Crippen molar-refractivity contribution in [3.8, 4) is 22.6 Å². The number of halogens is 2. The molecule has 0 aliphatic carbocycles. The highest BCUT2D eigenvalue weighted by Gasteiger charge is 2.12. The summed E-state index contributed by atoms with van der Waals surface area (Å²) in [5.41, 5.74) is 1.99. The van der Waals surface area contributed by atoms with E-state index in [2.05, 4.69) is 15.3 Å². The summed E-state index contributed by atoms with van der Waals surface area (Å²) in [6, 6.07) is 15.6. The molecule has 0 aliphatic rings. The normalized spacial score (nSPS) is 10.5. The molecule has 27 heavy (non-hydrogen) atoms. The Morgan fingerprint density at radius 2 is 1.89 bits per heavy atom. The van der Waals surface area contributed by atoms with Gasteiger partial charge in [0.15, 0.2) is 5.82 Å². The van der Waals surface area contributed by atoms with Gasteiger partial charge in [-0.2, -0.15) is 0 Å². The Morgan fingerprint density at radius 1 is 1.11 bits per heavy atom. The first-order chi connectivity index (χ1) is 13.1. The summed E-state index contributed by atoms with van der Waals surface area (Å²) in [7, 11) is 0. The van der Waals surface area contributed by atoms with E-state index in [1.54, 1.807) is 19.1 Å². The van der Waals surface area contributed by atoms with E-state index in [4.69, 9.17) is 16.3 Å². The Hall–Kier alpha value is -2.99. The molecule has 0 saturated carbocycles. The van der Waals surface area contributed by atoms with Crippen molar-refractivity contribution in [2.75, 3.05) is 18.5 Å². The SMILES string of the molecule is CCOC(=O)CNc1cc(-c2ccccc2)nc(-c2ccc(Cl)c(F)c2)n1. The number of esters is 1. The highest BCUT2D eigenvalue weighted by Crippen LogP contribution is 2.26. The largest absolute Gasteiger partial charge is 0.465 e. The monoisotopic (exact) mass is 385 g/mol. The third-order valence-electron chi connectivity index (χ3n) is 3.69. The zero-order chi connectivity index (χ0) is 19.2. The number of benzene rings is 2. The highest BCUT2D eigenvalue weighted by molar-refractivity contribution is 6.30. The molecule has 3 aromatic rings. The Balaban J connectivity index is 2.00. The van der Waals surface area contributed by atoms with E-state index in [0.717, 1.165) is 5.56 Å². The molecule has 1 heterocycles. The molecule has 2 aromatic carbocycles. The van der Waals surface area contributed by atoms with Gasteiger partial charge in [-0.1, -0.05) is 41.9 Å². The van der Waals surface area contributed by atoms with Crippen LogP contribution in [0.25, 0.3) is 22.6 Å². The van der Waals surface area contributed by atoms with Crippen molar-refractivity contribution in [3.05, 3.63) is 65.4 Å². The van der Waals surface area contributed by atoms with Crippen LogP contribution in [-0.4, -0.2) is 29.1 Å². The van der Waals surface area contributed by atoms with Crippen LogP contribution in [0.15, 0.2) is 54.6 Å². The van der Waals surface area contributed by atoms with E-state index in [1.165, 1.54) is 12.1 Å². The van der Waals surface area contributed by atoms with E-state index < -0.39 is 11.8 Å². The smallest absolute Gasteiger partial charge is 0.325 e. The van der Waals surface area contributed by atoms with E-state index in [-0.39, 0.29) is 11.6 Å². The predicted molar refractivity (Wildman–Crippen MR) is 103 cm³/mol. The van der Waals surface area contributed by atoms with E-state index in [9.17, 15) is 9.18 Å². The van der Waals surface area contributed by atoms with Crippen LogP contribution in [0.3, 0.4) is 0 Å². The molecule has 0 atom stereocenters. The summed E-state index contributed by atoms with van der Waals surface area (Å²) in [6.07, 6.45) is 0. The first-order valence-electron chi connectivity index (χ1n) is 8.36. The Bertz CT molecular complexity index is 951. The van der Waals surface area contributed by atoms with Crippen LogP contribution in [0.2, 0.25) is 5.02 Å². The second-order valence-electron chi connectivity index (χ2n) is 5.62. The third kappa shape index (κ3) is 4.80. The molecule has 0 unspecified atom stereocenters. The molecule has 0 bridgehead atoms. The molecule has 0 radical (unpaired) electrons. The minimum atomic E-state index is -0.552. The molecular formula is C20H17ClFN3O2. The Kier molecular flexibility index (Phi) is 5.98. The van der Waals surface area contributed by atoms with Gasteiger partial charge in [-0.3, -0.25) is 4.79 Å². The highest BCUT2D eigenvalue weighted by atomic mass is 35.5. The first-order valence-corrected chi connectivity index (χ1v) is 8.74. The maximum Gasteiger partial charge on any atom is 0.325 e. The number of carbonyl (C=O) groups excluding carboxylic acids is 1. The summed E-state index contributed by atoms with van der Waals surface area (Å²) < 4.78 is 18.8. The molecule has 7 heteroatoms. The summed E-state index contributed by atoms with van der Waals surface area (Å²) in [4.78, 5) is 20.5. The lowest BCUT2D eigenvalue weighted by Crippen LogP contribution is -2.17. The number of hydrogen-bond acceptors (Lipinski definition) is 5. The fraction of sp³-hybridized carbons (Fsp3) is 0.150. The lowest BCUT2D eigenvalue weighted by molar-refractivity contribution is -0.140. The standard InChI is InChI=1S/C20H17ClFN3O2/c1-2-27-19(26)12-23-18-11-17(13-6-4-3-5-7-13)24-20(25-18)14-8-9-15(21)16(22)10-14/h3-11H,2,12H2,1H3,(H,23,24,25). The van der Waals surface area contributed by atoms with Crippen molar-refractivity contribution >= 4 is 23.4 Å². The van der Waals surface area contributed by atoms with Crippen LogP contribution in [0.5, 0.6) is 0 Å². The quantitative estimate of drug-likeness (QED) is 0.629. The van der Waals surface area contributed by atoms with Crippen molar-refractivity contribution in [2.45, 2.75) is 6.92 Å². The average Bonchev–Trinajstić information content (AvgIpc) is 2.69. The fourth-order valence-electron chi connectivity index (χ4n) is 2.43. The van der Waals surface area contributed by atoms with Crippen LogP contribution in [0, 0.1) is 5.82 Å². The maximum atomic E-state index is 13.9. The molecule has 1 N–H and O–H groups in total. The van der Waals surface area contributed by atoms with Crippen molar-refractivity contribution in [3.63, 3.8) is 0 Å². The summed E-state index contributed by atoms with van der Waals surface area (Å²) in [6.45, 7) is 2.01. The summed E-state index contributed by atoms with van der Waals surface area (Å²) in [5, 5.41) is 2.96. The predicted octanol–water partition coefficient (Wildman–Crippen LogP) is 4.58. The number of nitrogens with zero attached hydrogens (tertiary/aromatic N) is 2. The molecule has 5 nitrogen and oxygen atoms in total. The summed E-state index contributed by atoms with van der Waals surface area (Å²) >= 11 is 5.76. The number of aromatic nitrogens is 2. The topological polar surface area (TPSA) is 64.1 Å². The number of carbonyl (C=O) groups is 1. The van der Waals surface area contributed by atoms with Gasteiger partial charge in [0, 0.05) is 17.2 Å². The molecule has 0 spiro atoms. The second-order valence-corrected chi connectivity index (χ2v) is 6.02. The molecule has 3 rings (SSSR count). The van der Waals surface area contributed by atoms with Crippen LogP contribution in [-0.2, 0) is 9.53 Å². The minimum absolute atomic E-state index is 0.0265. The van der Waals surface area contributed by atoms with Crippen LogP contribution >= 0.6 is 11.6 Å². The van der Waals surface area contributed by atoms with Gasteiger partial charge in [-0.05, 0) is 25.1 Å². The van der Waals surface area contributed by atoms with E-state index in [0.29, 0.717) is 29.5 Å². The van der Waals surface area contributed by atoms with Crippen molar-refractivity contribution in [2.24, 2.45) is 0 Å². The Morgan fingerprint density at radius 3 is 2.59 bits per heavy atom. The average molecular weight is 386 g/mol. The number of anilines is 1. The zero-order valence-electron chi connectivity index (χ0n) is 14.6. The lowest BCUT2D eigenvalue weighted by atomic mass is 10.1. The van der Waals surface area contributed by atoms with Crippen LogP contribution < -0.4 is 5.32 Å². The van der Waals surface area contributed by atoms with Gasteiger partial charge in [0.25, 0.3) is 0 Å². The molecular weight excluding hydrogens is 369 g/mol. The van der Waals surface area contributed by atoms with Crippen molar-refractivity contribution < 1.29 is 13.9 Å². The van der Waals surface area contributed by atoms with Crippen LogP contribution in [0.4, 0.5) is 10.2 Å². The van der Waals surface area contributed by atoms with Gasteiger partial charge in [-0.15, -0.1) is 0 Å². The van der Waals surface area contributed by atoms with E-state index >= 15 is 0 Å². The van der Waals surface area contributed by atoms with Gasteiger partial charge in [-0.25, -0.2) is 14.4 Å². The Labute approximate surface area is 161 Å². The molecule has 1 aromatic heterocycles. The van der Waals surface area contributed by atoms with E-state index in [1.807, 2.05) is 30.3 Å². The lowest BCUT2D eigenvalue weighted by Gasteiger charge is -2.10. The molecule has 138 valence electrons. The maximum absolute atomic E-state index is 13.9. The van der Waals surface area contributed by atoms with Gasteiger partial charge >= 0.3 is 5.97 Å². The van der Waals surface area contributed by atoms with Gasteiger partial charge in [0.05, 0.1) is 17.3 Å².